The minimum atomic E-state index is -1.03. The van der Waals surface area contributed by atoms with Gasteiger partial charge in [0.25, 0.3) is 0 Å². The highest BCUT2D eigenvalue weighted by Gasteiger charge is 2.16. The van der Waals surface area contributed by atoms with Gasteiger partial charge in [0.15, 0.2) is 5.69 Å². The first kappa shape index (κ1) is 13.6. The average Bonchev–Trinajstić information content (AvgIpc) is 2.81. The number of carboxylic acid groups (broad SMARTS) is 1. The third-order valence-corrected chi connectivity index (χ3v) is 3.74. The smallest absolute Gasteiger partial charge is 0.357 e. The summed E-state index contributed by atoms with van der Waals surface area (Å²) < 4.78 is 1.68. The van der Waals surface area contributed by atoms with Crippen molar-refractivity contribution in [2.45, 2.75) is 13.5 Å². The second-order valence-electron chi connectivity index (χ2n) is 4.92. The van der Waals surface area contributed by atoms with Crippen molar-refractivity contribution in [3.8, 4) is 0 Å². The van der Waals surface area contributed by atoms with Crippen molar-refractivity contribution in [1.82, 2.24) is 9.78 Å². The molecule has 0 aliphatic heterocycles. The van der Waals surface area contributed by atoms with E-state index in [0.29, 0.717) is 17.0 Å². The second kappa shape index (κ2) is 5.22. The molecule has 0 saturated heterocycles. The summed E-state index contributed by atoms with van der Waals surface area (Å²) in [6.07, 6.45) is 0. The lowest BCUT2D eigenvalue weighted by molar-refractivity contribution is 0.0691. The Kier molecular flexibility index (Phi) is 3.39. The molecule has 21 heavy (non-hydrogen) atoms. The van der Waals surface area contributed by atoms with Crippen LogP contribution < -0.4 is 0 Å². The summed E-state index contributed by atoms with van der Waals surface area (Å²) in [7, 11) is 0. The first-order valence-electron chi connectivity index (χ1n) is 6.50. The SMILES string of the molecule is Cc1ccc(Cn2nc(C(=O)O)c3ccccc32)c(Cl)c1. The number of halogens is 1. The van der Waals surface area contributed by atoms with E-state index >= 15 is 0 Å². The maximum Gasteiger partial charge on any atom is 0.357 e. The maximum atomic E-state index is 11.3. The van der Waals surface area contributed by atoms with Crippen molar-refractivity contribution >= 4 is 28.5 Å². The lowest BCUT2D eigenvalue weighted by Crippen LogP contribution is -2.05. The molecule has 1 aromatic heterocycles. The van der Waals surface area contributed by atoms with Crippen LogP contribution in [0.1, 0.15) is 21.6 Å². The van der Waals surface area contributed by atoms with Crippen LogP contribution in [-0.4, -0.2) is 20.9 Å². The fourth-order valence-corrected chi connectivity index (χ4v) is 2.64. The molecule has 0 atom stereocenters. The fourth-order valence-electron chi connectivity index (χ4n) is 2.35. The Hall–Kier alpha value is -2.33. The number of nitrogens with zero attached hydrogens (tertiary/aromatic N) is 2. The molecule has 1 heterocycles. The predicted molar refractivity (Wildman–Crippen MR) is 82.0 cm³/mol. The van der Waals surface area contributed by atoms with E-state index in [9.17, 15) is 9.90 Å². The molecule has 0 radical (unpaired) electrons. The van der Waals surface area contributed by atoms with E-state index in [1.54, 1.807) is 16.8 Å². The summed E-state index contributed by atoms with van der Waals surface area (Å²) >= 11 is 6.24. The van der Waals surface area contributed by atoms with Crippen molar-refractivity contribution < 1.29 is 9.90 Å². The van der Waals surface area contributed by atoms with Crippen LogP contribution in [0.15, 0.2) is 42.5 Å². The number of aryl methyl sites for hydroxylation is 1. The molecule has 5 heteroatoms. The highest BCUT2D eigenvalue weighted by Crippen LogP contribution is 2.23. The van der Waals surface area contributed by atoms with Crippen LogP contribution in [0.5, 0.6) is 0 Å². The van der Waals surface area contributed by atoms with Crippen LogP contribution in [0.3, 0.4) is 0 Å². The number of hydrogen-bond acceptors (Lipinski definition) is 2. The monoisotopic (exact) mass is 300 g/mol. The molecule has 0 amide bonds. The predicted octanol–water partition coefficient (Wildman–Crippen LogP) is 3.74. The van der Waals surface area contributed by atoms with Crippen LogP contribution in [0.2, 0.25) is 5.02 Å². The topological polar surface area (TPSA) is 55.1 Å². The molecule has 0 spiro atoms. The number of aromatic carboxylic acids is 1. The highest BCUT2D eigenvalue weighted by atomic mass is 35.5. The van der Waals surface area contributed by atoms with Gasteiger partial charge in [-0.05, 0) is 30.2 Å². The normalized spacial score (nSPS) is 11.0. The van der Waals surface area contributed by atoms with Crippen molar-refractivity contribution in [1.29, 1.82) is 0 Å². The lowest BCUT2D eigenvalue weighted by Gasteiger charge is -2.07. The van der Waals surface area contributed by atoms with Crippen LogP contribution >= 0.6 is 11.6 Å². The van der Waals surface area contributed by atoms with Gasteiger partial charge in [-0.1, -0.05) is 41.9 Å². The zero-order chi connectivity index (χ0) is 15.0. The van der Waals surface area contributed by atoms with Gasteiger partial charge in [0.1, 0.15) is 0 Å². The Bertz CT molecular complexity index is 839. The molecule has 0 unspecified atom stereocenters. The first-order valence-corrected chi connectivity index (χ1v) is 6.88. The van der Waals surface area contributed by atoms with E-state index in [4.69, 9.17) is 11.6 Å². The van der Waals surface area contributed by atoms with E-state index in [0.717, 1.165) is 16.6 Å². The Morgan fingerprint density at radius 1 is 1.29 bits per heavy atom. The van der Waals surface area contributed by atoms with Crippen molar-refractivity contribution in [3.63, 3.8) is 0 Å². The largest absolute Gasteiger partial charge is 0.476 e. The number of para-hydroxylation sites is 1. The van der Waals surface area contributed by atoms with Gasteiger partial charge in [-0.3, -0.25) is 4.68 Å². The zero-order valence-corrected chi connectivity index (χ0v) is 12.1. The fraction of sp³-hybridized carbons (Fsp3) is 0.125. The van der Waals surface area contributed by atoms with Gasteiger partial charge in [0.05, 0.1) is 12.1 Å². The number of aromatic nitrogens is 2. The second-order valence-corrected chi connectivity index (χ2v) is 5.33. The third kappa shape index (κ3) is 2.50. The lowest BCUT2D eigenvalue weighted by atomic mass is 10.1. The van der Waals surface area contributed by atoms with Crippen molar-refractivity contribution in [2.24, 2.45) is 0 Å². The van der Waals surface area contributed by atoms with Gasteiger partial charge >= 0.3 is 5.97 Å². The van der Waals surface area contributed by atoms with Gasteiger partial charge in [0, 0.05) is 10.4 Å². The molecule has 1 N–H and O–H groups in total. The Balaban J connectivity index is 2.10. The standard InChI is InChI=1S/C16H13ClN2O2/c1-10-6-7-11(13(17)8-10)9-19-14-5-3-2-4-12(14)15(18-19)16(20)21/h2-8H,9H2,1H3,(H,20,21). The number of fused-ring (bicyclic) bond motifs is 1. The molecule has 106 valence electrons. The summed E-state index contributed by atoms with van der Waals surface area (Å²) in [5, 5.41) is 14.7. The quantitative estimate of drug-likeness (QED) is 0.801. The molecule has 0 aliphatic carbocycles. The summed E-state index contributed by atoms with van der Waals surface area (Å²) in [4.78, 5) is 11.3. The van der Waals surface area contributed by atoms with Crippen LogP contribution in [0.4, 0.5) is 0 Å². The number of rotatable bonds is 3. The molecule has 2 aromatic carbocycles. The number of benzene rings is 2. The van der Waals surface area contributed by atoms with Gasteiger partial charge in [-0.2, -0.15) is 5.10 Å². The highest BCUT2D eigenvalue weighted by molar-refractivity contribution is 6.31. The number of carboxylic acids is 1. The number of hydrogen-bond donors (Lipinski definition) is 1. The van der Waals surface area contributed by atoms with Crippen LogP contribution in [0.25, 0.3) is 10.9 Å². The summed E-state index contributed by atoms with van der Waals surface area (Å²) in [5.41, 5.74) is 2.84. The molecule has 4 nitrogen and oxygen atoms in total. The Labute approximate surface area is 126 Å². The maximum absolute atomic E-state index is 11.3. The summed E-state index contributed by atoms with van der Waals surface area (Å²) in [6, 6.07) is 13.1. The Morgan fingerprint density at radius 2 is 2.05 bits per heavy atom. The minimum Gasteiger partial charge on any atom is -0.476 e. The summed E-state index contributed by atoms with van der Waals surface area (Å²) in [6.45, 7) is 2.41. The molecule has 0 aliphatic rings. The van der Waals surface area contributed by atoms with E-state index in [1.165, 1.54) is 0 Å². The van der Waals surface area contributed by atoms with E-state index < -0.39 is 5.97 Å². The zero-order valence-electron chi connectivity index (χ0n) is 11.4. The van der Waals surface area contributed by atoms with Crippen molar-refractivity contribution in [2.75, 3.05) is 0 Å². The van der Waals surface area contributed by atoms with E-state index in [1.807, 2.05) is 37.3 Å². The van der Waals surface area contributed by atoms with Gasteiger partial charge in [-0.25, -0.2) is 4.79 Å². The number of carbonyl (C=O) groups is 1. The first-order chi connectivity index (χ1) is 10.1. The van der Waals surface area contributed by atoms with Crippen LogP contribution in [0, 0.1) is 6.92 Å². The van der Waals surface area contributed by atoms with E-state index in [2.05, 4.69) is 5.10 Å². The van der Waals surface area contributed by atoms with Gasteiger partial charge < -0.3 is 5.11 Å². The molecule has 3 aromatic rings. The molecule has 0 fully saturated rings. The van der Waals surface area contributed by atoms with E-state index in [-0.39, 0.29) is 5.69 Å². The molecule has 0 bridgehead atoms. The van der Waals surface area contributed by atoms with Crippen molar-refractivity contribution in [3.05, 3.63) is 64.3 Å². The molecule has 3 rings (SSSR count). The average molecular weight is 301 g/mol. The summed E-state index contributed by atoms with van der Waals surface area (Å²) in [5.74, 6) is -1.03. The van der Waals surface area contributed by atoms with Gasteiger partial charge in [-0.15, -0.1) is 0 Å². The molecular formula is C16H13ClN2O2. The Morgan fingerprint density at radius 3 is 2.76 bits per heavy atom. The van der Waals surface area contributed by atoms with Gasteiger partial charge in [0.2, 0.25) is 0 Å². The van der Waals surface area contributed by atoms with Crippen LogP contribution in [-0.2, 0) is 6.54 Å². The molecule has 0 saturated carbocycles. The minimum absolute atomic E-state index is 0.0637. The molecular weight excluding hydrogens is 288 g/mol. The third-order valence-electron chi connectivity index (χ3n) is 3.39.